The molecular weight excluding hydrogens is 341 g/mol. The molecule has 0 atom stereocenters. The summed E-state index contributed by atoms with van der Waals surface area (Å²) in [5.41, 5.74) is -2.26. The molecule has 1 fully saturated rings. The Hall–Kier alpha value is -2.91. The summed E-state index contributed by atoms with van der Waals surface area (Å²) in [4.78, 5) is 43.3. The third-order valence-electron chi connectivity index (χ3n) is 3.82. The second kappa shape index (κ2) is 6.19. The van der Waals surface area contributed by atoms with Gasteiger partial charge in [0.15, 0.2) is 28.9 Å². The van der Waals surface area contributed by atoms with Crippen LogP contribution >= 0.6 is 0 Å². The zero-order chi connectivity index (χ0) is 18.2. The highest BCUT2D eigenvalue weighted by Gasteiger charge is 2.43. The number of ketones is 3. The maximum absolute atomic E-state index is 13.4. The van der Waals surface area contributed by atoms with Crippen molar-refractivity contribution >= 4 is 17.3 Å². The highest BCUT2D eigenvalue weighted by molar-refractivity contribution is 6.25. The van der Waals surface area contributed by atoms with E-state index in [2.05, 4.69) is 15.1 Å². The smallest absolute Gasteiger partial charge is 0.298 e. The first-order valence-electron chi connectivity index (χ1n) is 7.32. The molecule has 0 aliphatic heterocycles. The van der Waals surface area contributed by atoms with Crippen molar-refractivity contribution in [1.82, 2.24) is 19.7 Å². The molecule has 1 aliphatic rings. The van der Waals surface area contributed by atoms with Crippen LogP contribution in [-0.4, -0.2) is 37.1 Å². The Morgan fingerprint density at radius 3 is 2.40 bits per heavy atom. The molecule has 10 heteroatoms. The first-order chi connectivity index (χ1) is 11.8. The summed E-state index contributed by atoms with van der Waals surface area (Å²) in [6.45, 7) is 0. The Morgan fingerprint density at radius 1 is 1.16 bits per heavy atom. The van der Waals surface area contributed by atoms with Gasteiger partial charge in [0.2, 0.25) is 0 Å². The Morgan fingerprint density at radius 2 is 1.84 bits per heavy atom. The summed E-state index contributed by atoms with van der Waals surface area (Å²) in [6, 6.07) is 2.05. The van der Waals surface area contributed by atoms with Gasteiger partial charge < -0.3 is 0 Å². The number of alkyl halides is 3. The van der Waals surface area contributed by atoms with E-state index >= 15 is 0 Å². The van der Waals surface area contributed by atoms with Gasteiger partial charge in [-0.2, -0.15) is 18.3 Å². The molecule has 0 N–H and O–H groups in total. The van der Waals surface area contributed by atoms with Crippen LogP contribution in [0.4, 0.5) is 13.2 Å². The maximum Gasteiger partial charge on any atom is 0.434 e. The van der Waals surface area contributed by atoms with Crippen LogP contribution < -0.4 is 0 Å². The Balaban J connectivity index is 2.07. The van der Waals surface area contributed by atoms with Crippen LogP contribution in [0.2, 0.25) is 0 Å². The Kier molecular flexibility index (Phi) is 4.19. The van der Waals surface area contributed by atoms with Crippen molar-refractivity contribution < 1.29 is 27.6 Å². The monoisotopic (exact) mass is 352 g/mol. The number of halogens is 3. The molecule has 0 unspecified atom stereocenters. The van der Waals surface area contributed by atoms with E-state index in [0.29, 0.717) is 6.42 Å². The van der Waals surface area contributed by atoms with Crippen molar-refractivity contribution in [3.63, 3.8) is 0 Å². The fraction of sp³-hybridized carbons (Fsp3) is 0.333. The van der Waals surface area contributed by atoms with Gasteiger partial charge in [0.25, 0.3) is 0 Å². The zero-order valence-electron chi connectivity index (χ0n) is 12.7. The largest absolute Gasteiger partial charge is 0.434 e. The van der Waals surface area contributed by atoms with Gasteiger partial charge in [0, 0.05) is 18.4 Å². The fourth-order valence-electron chi connectivity index (χ4n) is 2.67. The van der Waals surface area contributed by atoms with Gasteiger partial charge in [0.05, 0.1) is 0 Å². The molecule has 25 heavy (non-hydrogen) atoms. The molecule has 0 bridgehead atoms. The predicted octanol–water partition coefficient (Wildman–Crippen LogP) is 1.80. The lowest BCUT2D eigenvalue weighted by Crippen LogP contribution is -2.36. The molecule has 1 saturated carbocycles. The molecular formula is C15H11F3N4O3. The molecule has 0 saturated heterocycles. The minimum absolute atomic E-state index is 0.00599. The predicted molar refractivity (Wildman–Crippen MR) is 75.8 cm³/mol. The number of carbonyl (C=O) groups excluding carboxylic acids is 3. The van der Waals surface area contributed by atoms with Crippen molar-refractivity contribution in [3.05, 3.63) is 36.0 Å². The number of rotatable bonds is 3. The van der Waals surface area contributed by atoms with E-state index in [1.807, 2.05) is 0 Å². The fourth-order valence-corrected chi connectivity index (χ4v) is 2.67. The number of pyridine rings is 1. The number of Topliss-reactive ketones (excluding diaryl/α,β-unsaturated/α-hetero) is 3. The van der Waals surface area contributed by atoms with E-state index < -0.39 is 40.7 Å². The second-order valence-corrected chi connectivity index (χ2v) is 5.49. The molecule has 130 valence electrons. The summed E-state index contributed by atoms with van der Waals surface area (Å²) in [6.07, 6.45) is -2.38. The highest BCUT2D eigenvalue weighted by atomic mass is 19.4. The van der Waals surface area contributed by atoms with Crippen molar-refractivity contribution in [2.75, 3.05) is 0 Å². The summed E-state index contributed by atoms with van der Waals surface area (Å²) >= 11 is 0. The molecule has 0 amide bonds. The summed E-state index contributed by atoms with van der Waals surface area (Å²) < 4.78 is 41.1. The van der Waals surface area contributed by atoms with Crippen LogP contribution in [-0.2, 0) is 15.8 Å². The first kappa shape index (κ1) is 16.9. The van der Waals surface area contributed by atoms with Gasteiger partial charge in [0.1, 0.15) is 18.6 Å². The van der Waals surface area contributed by atoms with Crippen LogP contribution in [0.1, 0.15) is 35.3 Å². The normalized spacial score (nSPS) is 16.3. The lowest BCUT2D eigenvalue weighted by atomic mass is 9.81. The summed E-state index contributed by atoms with van der Waals surface area (Å²) in [7, 11) is 0. The van der Waals surface area contributed by atoms with E-state index in [1.54, 1.807) is 0 Å². The molecule has 3 rings (SSSR count). The topological polar surface area (TPSA) is 94.8 Å². The number of carbonyl (C=O) groups is 3. The van der Waals surface area contributed by atoms with Crippen molar-refractivity contribution in [2.45, 2.75) is 25.4 Å². The van der Waals surface area contributed by atoms with Gasteiger partial charge in [-0.15, -0.1) is 0 Å². The van der Waals surface area contributed by atoms with Crippen LogP contribution in [0.15, 0.2) is 24.8 Å². The van der Waals surface area contributed by atoms with Gasteiger partial charge in [-0.25, -0.2) is 14.6 Å². The zero-order valence-corrected chi connectivity index (χ0v) is 12.7. The van der Waals surface area contributed by atoms with E-state index in [4.69, 9.17) is 0 Å². The van der Waals surface area contributed by atoms with E-state index in [-0.39, 0.29) is 18.7 Å². The summed E-state index contributed by atoms with van der Waals surface area (Å²) in [5, 5.41) is 3.68. The Labute approximate surface area is 138 Å². The summed E-state index contributed by atoms with van der Waals surface area (Å²) in [5.74, 6) is -4.36. The minimum atomic E-state index is -4.94. The van der Waals surface area contributed by atoms with Gasteiger partial charge in [-0.05, 0) is 18.6 Å². The standard InChI is InChI=1S/C15H11F3N4O3/c16-15(17,18)14-8(4-5-11(21-14)22-7-19-6-20-22)13(25)12-9(23)2-1-3-10(12)24/h4-7,12H,1-3H2. The molecule has 0 spiro atoms. The van der Waals surface area contributed by atoms with Crippen molar-refractivity contribution in [3.8, 4) is 5.82 Å². The lowest BCUT2D eigenvalue weighted by Gasteiger charge is -2.20. The van der Waals surface area contributed by atoms with E-state index in [1.165, 1.54) is 0 Å². The lowest BCUT2D eigenvalue weighted by molar-refractivity contribution is -0.142. The molecule has 1 aliphatic carbocycles. The average Bonchev–Trinajstić information content (AvgIpc) is 3.07. The molecule has 2 heterocycles. The van der Waals surface area contributed by atoms with Crippen molar-refractivity contribution in [2.24, 2.45) is 5.92 Å². The van der Waals surface area contributed by atoms with Gasteiger partial charge >= 0.3 is 6.18 Å². The highest BCUT2D eigenvalue weighted by Crippen LogP contribution is 2.33. The minimum Gasteiger partial charge on any atom is -0.298 e. The third kappa shape index (κ3) is 3.19. The maximum atomic E-state index is 13.4. The molecule has 2 aromatic heterocycles. The van der Waals surface area contributed by atoms with Crippen LogP contribution in [0, 0.1) is 5.92 Å². The Bertz CT molecular complexity index is 830. The molecule has 2 aromatic rings. The van der Waals surface area contributed by atoms with Crippen LogP contribution in [0.3, 0.4) is 0 Å². The molecule has 7 nitrogen and oxygen atoms in total. The van der Waals surface area contributed by atoms with Gasteiger partial charge in [-0.1, -0.05) is 0 Å². The van der Waals surface area contributed by atoms with E-state index in [0.717, 1.165) is 29.5 Å². The number of hydrogen-bond donors (Lipinski definition) is 0. The quantitative estimate of drug-likeness (QED) is 0.617. The second-order valence-electron chi connectivity index (χ2n) is 5.49. The van der Waals surface area contributed by atoms with E-state index in [9.17, 15) is 27.6 Å². The SMILES string of the molecule is O=C1CCCC(=O)C1C(=O)c1ccc(-n2cncn2)nc1C(F)(F)F. The average molecular weight is 352 g/mol. The number of aromatic nitrogens is 4. The molecule has 0 aromatic carbocycles. The number of hydrogen-bond acceptors (Lipinski definition) is 6. The first-order valence-corrected chi connectivity index (χ1v) is 7.32. The number of nitrogens with zero attached hydrogens (tertiary/aromatic N) is 4. The van der Waals surface area contributed by atoms with Crippen LogP contribution in [0.25, 0.3) is 5.82 Å². The third-order valence-corrected chi connectivity index (χ3v) is 3.82. The van der Waals surface area contributed by atoms with Crippen molar-refractivity contribution in [1.29, 1.82) is 0 Å². The van der Waals surface area contributed by atoms with Gasteiger partial charge in [-0.3, -0.25) is 14.4 Å². The molecule has 0 radical (unpaired) electrons. The van der Waals surface area contributed by atoms with Crippen LogP contribution in [0.5, 0.6) is 0 Å².